The monoisotopic (exact) mass is 300 g/mol. The van der Waals surface area contributed by atoms with Crippen LogP contribution in [0.2, 0.25) is 0 Å². The van der Waals surface area contributed by atoms with E-state index in [0.29, 0.717) is 27.9 Å². The van der Waals surface area contributed by atoms with Crippen LogP contribution < -0.4 is 5.56 Å². The van der Waals surface area contributed by atoms with Gasteiger partial charge in [-0.1, -0.05) is 30.3 Å². The number of nitrogens with zero attached hydrogens (tertiary/aromatic N) is 1. The number of hydrogen-bond acceptors (Lipinski definition) is 5. The first-order valence-corrected chi connectivity index (χ1v) is 6.65. The van der Waals surface area contributed by atoms with Crippen LogP contribution in [0, 0.1) is 6.92 Å². The van der Waals surface area contributed by atoms with Gasteiger partial charge in [-0.25, -0.2) is 4.79 Å². The highest BCUT2D eigenvalue weighted by molar-refractivity contribution is 5.98. The van der Waals surface area contributed by atoms with Gasteiger partial charge in [0.05, 0.1) is 18.4 Å². The van der Waals surface area contributed by atoms with E-state index in [1.165, 1.54) is 13.3 Å². The largest absolute Gasteiger partial charge is 0.465 e. The van der Waals surface area contributed by atoms with Crippen molar-refractivity contribution in [1.29, 1.82) is 0 Å². The first kappa shape index (κ1) is 15.5. The van der Waals surface area contributed by atoms with Gasteiger partial charge in [0.1, 0.15) is 0 Å². The fourth-order valence-corrected chi connectivity index (χ4v) is 2.32. The Morgan fingerprint density at radius 2 is 2.05 bits per heavy atom. The van der Waals surface area contributed by atoms with Gasteiger partial charge >= 0.3 is 5.97 Å². The topological polar surface area (TPSA) is 91.8 Å². The normalized spacial score (nSPS) is 10.8. The third-order valence-electron chi connectivity index (χ3n) is 3.42. The summed E-state index contributed by atoms with van der Waals surface area (Å²) in [5.74, 6) is -0.533. The second-order valence-corrected chi connectivity index (χ2v) is 4.67. The summed E-state index contributed by atoms with van der Waals surface area (Å²) >= 11 is 0. The molecule has 0 fully saturated rings. The number of oxime groups is 1. The van der Waals surface area contributed by atoms with E-state index in [2.05, 4.69) is 10.1 Å². The molecule has 0 aliphatic rings. The van der Waals surface area contributed by atoms with Gasteiger partial charge in [0.25, 0.3) is 5.56 Å². The molecule has 2 rings (SSSR count). The molecule has 1 heterocycles. The number of H-pyrrole nitrogens is 1. The lowest BCUT2D eigenvalue weighted by molar-refractivity contribution is 0.0600. The number of benzene rings is 1. The van der Waals surface area contributed by atoms with Gasteiger partial charge in [-0.05, 0) is 18.1 Å². The molecule has 0 saturated heterocycles. The maximum Gasteiger partial charge on any atom is 0.340 e. The number of esters is 1. The van der Waals surface area contributed by atoms with E-state index in [0.717, 1.165) is 0 Å². The minimum atomic E-state index is -0.533. The van der Waals surface area contributed by atoms with Gasteiger partial charge in [-0.2, -0.15) is 0 Å². The Labute approximate surface area is 127 Å². The number of rotatable bonds is 4. The van der Waals surface area contributed by atoms with Crippen LogP contribution in [-0.2, 0) is 11.2 Å². The van der Waals surface area contributed by atoms with Gasteiger partial charge in [0.2, 0.25) is 0 Å². The zero-order chi connectivity index (χ0) is 16.1. The smallest absolute Gasteiger partial charge is 0.340 e. The highest BCUT2D eigenvalue weighted by atomic mass is 16.5. The molecule has 114 valence electrons. The van der Waals surface area contributed by atoms with Crippen molar-refractivity contribution in [3.8, 4) is 11.3 Å². The molecule has 2 aromatic rings. The zero-order valence-electron chi connectivity index (χ0n) is 12.3. The average molecular weight is 300 g/mol. The Morgan fingerprint density at radius 1 is 1.36 bits per heavy atom. The van der Waals surface area contributed by atoms with E-state index in [1.54, 1.807) is 19.1 Å². The van der Waals surface area contributed by atoms with Crippen molar-refractivity contribution < 1.29 is 14.7 Å². The number of carbonyl (C=O) groups is 1. The van der Waals surface area contributed by atoms with Crippen molar-refractivity contribution >= 4 is 12.2 Å². The Bertz CT molecular complexity index is 764. The lowest BCUT2D eigenvalue weighted by Gasteiger charge is -2.13. The lowest BCUT2D eigenvalue weighted by atomic mass is 9.97. The van der Waals surface area contributed by atoms with Crippen molar-refractivity contribution in [3.63, 3.8) is 0 Å². The predicted molar refractivity (Wildman–Crippen MR) is 82.6 cm³/mol. The fraction of sp³-hybridized carbons (Fsp3) is 0.188. The van der Waals surface area contributed by atoms with Gasteiger partial charge in [-0.3, -0.25) is 4.79 Å². The predicted octanol–water partition coefficient (Wildman–Crippen LogP) is 2.14. The maximum atomic E-state index is 12.3. The van der Waals surface area contributed by atoms with Crippen LogP contribution in [-0.4, -0.2) is 29.5 Å². The third-order valence-corrected chi connectivity index (χ3v) is 3.42. The summed E-state index contributed by atoms with van der Waals surface area (Å²) in [6.07, 6.45) is 1.32. The minimum absolute atomic E-state index is 0.122. The molecule has 0 bridgehead atoms. The molecule has 0 unspecified atom stereocenters. The van der Waals surface area contributed by atoms with Crippen LogP contribution in [0.4, 0.5) is 0 Å². The number of pyridine rings is 1. The second-order valence-electron chi connectivity index (χ2n) is 4.67. The van der Waals surface area contributed by atoms with Gasteiger partial charge in [-0.15, -0.1) is 5.16 Å². The van der Waals surface area contributed by atoms with E-state index in [-0.39, 0.29) is 12.0 Å². The van der Waals surface area contributed by atoms with Crippen molar-refractivity contribution in [2.75, 3.05) is 7.11 Å². The average Bonchev–Trinajstić information content (AvgIpc) is 2.54. The summed E-state index contributed by atoms with van der Waals surface area (Å²) in [5.41, 5.74) is 1.97. The summed E-state index contributed by atoms with van der Waals surface area (Å²) in [6, 6.07) is 9.07. The maximum absolute atomic E-state index is 12.3. The second kappa shape index (κ2) is 6.71. The van der Waals surface area contributed by atoms with E-state index in [4.69, 9.17) is 9.94 Å². The molecular weight excluding hydrogens is 284 g/mol. The molecule has 0 saturated carbocycles. The molecule has 1 aromatic carbocycles. The SMILES string of the molecule is COC(=O)c1c(-c2ccccc2)[nH]c(=O)c(C/C=N/O)c1C. The van der Waals surface area contributed by atoms with E-state index >= 15 is 0 Å². The number of hydrogen-bond donors (Lipinski definition) is 2. The highest BCUT2D eigenvalue weighted by Crippen LogP contribution is 2.25. The molecule has 0 spiro atoms. The van der Waals surface area contributed by atoms with Crippen LogP contribution in [0.15, 0.2) is 40.3 Å². The molecule has 6 heteroatoms. The van der Waals surface area contributed by atoms with Crippen molar-refractivity contribution in [3.05, 3.63) is 57.4 Å². The first-order valence-electron chi connectivity index (χ1n) is 6.65. The molecule has 0 radical (unpaired) electrons. The quantitative estimate of drug-likeness (QED) is 0.391. The Hall–Kier alpha value is -2.89. The standard InChI is InChI=1S/C16H16N2O4/c1-10-12(8-9-17-21)15(19)18-14(13(10)16(20)22-2)11-6-4-3-5-7-11/h3-7,9,21H,8H2,1-2H3,(H,18,19)/b17-9+. The third kappa shape index (κ3) is 2.90. The number of aromatic amines is 1. The summed E-state index contributed by atoms with van der Waals surface area (Å²) in [5, 5.41) is 11.4. The molecule has 0 aliphatic carbocycles. The molecule has 6 nitrogen and oxygen atoms in total. The van der Waals surface area contributed by atoms with Crippen LogP contribution in [0.5, 0.6) is 0 Å². The Morgan fingerprint density at radius 3 is 2.64 bits per heavy atom. The summed E-state index contributed by atoms with van der Waals surface area (Å²) in [7, 11) is 1.29. The molecule has 22 heavy (non-hydrogen) atoms. The van der Waals surface area contributed by atoms with E-state index in [9.17, 15) is 9.59 Å². The van der Waals surface area contributed by atoms with Crippen LogP contribution in [0.3, 0.4) is 0 Å². The number of methoxy groups -OCH3 is 1. The van der Waals surface area contributed by atoms with Gasteiger partial charge in [0, 0.05) is 18.2 Å². The first-order chi connectivity index (χ1) is 10.6. The summed E-state index contributed by atoms with van der Waals surface area (Å²) in [4.78, 5) is 27.1. The van der Waals surface area contributed by atoms with Gasteiger partial charge in [0.15, 0.2) is 0 Å². The minimum Gasteiger partial charge on any atom is -0.465 e. The number of carbonyl (C=O) groups excluding carboxylic acids is 1. The molecule has 0 amide bonds. The Kier molecular flexibility index (Phi) is 4.73. The molecule has 0 atom stereocenters. The van der Waals surface area contributed by atoms with Crippen LogP contribution in [0.25, 0.3) is 11.3 Å². The zero-order valence-corrected chi connectivity index (χ0v) is 12.3. The van der Waals surface area contributed by atoms with Crippen molar-refractivity contribution in [2.45, 2.75) is 13.3 Å². The highest BCUT2D eigenvalue weighted by Gasteiger charge is 2.21. The molecular formula is C16H16N2O4. The van der Waals surface area contributed by atoms with Gasteiger partial charge < -0.3 is 14.9 Å². The lowest BCUT2D eigenvalue weighted by Crippen LogP contribution is -2.21. The summed E-state index contributed by atoms with van der Waals surface area (Å²) < 4.78 is 4.83. The Balaban J connectivity index is 2.74. The number of nitrogens with one attached hydrogen (secondary N) is 1. The van der Waals surface area contributed by atoms with E-state index < -0.39 is 5.97 Å². The molecule has 1 aromatic heterocycles. The van der Waals surface area contributed by atoms with E-state index in [1.807, 2.05) is 18.2 Å². The van der Waals surface area contributed by atoms with Crippen molar-refractivity contribution in [2.24, 2.45) is 5.16 Å². The number of ether oxygens (including phenoxy) is 1. The molecule has 2 N–H and O–H groups in total. The summed E-state index contributed by atoms with van der Waals surface area (Å²) in [6.45, 7) is 1.68. The van der Waals surface area contributed by atoms with Crippen LogP contribution >= 0.6 is 0 Å². The molecule has 0 aliphatic heterocycles. The van der Waals surface area contributed by atoms with Crippen LogP contribution in [0.1, 0.15) is 21.5 Å². The number of aromatic nitrogens is 1. The van der Waals surface area contributed by atoms with Crippen molar-refractivity contribution in [1.82, 2.24) is 4.98 Å². The fourth-order valence-electron chi connectivity index (χ4n) is 2.32.